The molecule has 0 saturated carbocycles. The van der Waals surface area contributed by atoms with Crippen LogP contribution in [0.3, 0.4) is 0 Å². The van der Waals surface area contributed by atoms with Gasteiger partial charge in [-0.2, -0.15) is 0 Å². The molecule has 0 aliphatic carbocycles. The van der Waals surface area contributed by atoms with E-state index in [1.54, 1.807) is 0 Å². The van der Waals surface area contributed by atoms with E-state index in [1.807, 2.05) is 18.2 Å². The second-order valence-corrected chi connectivity index (χ2v) is 6.20. The molecule has 1 saturated heterocycles. The van der Waals surface area contributed by atoms with Gasteiger partial charge in [-0.1, -0.05) is 44.0 Å². The van der Waals surface area contributed by atoms with Gasteiger partial charge in [0, 0.05) is 6.54 Å². The summed E-state index contributed by atoms with van der Waals surface area (Å²) in [6.45, 7) is 5.45. The first-order valence-electron chi connectivity index (χ1n) is 8.20. The average molecular weight is 289 g/mol. The fourth-order valence-electron chi connectivity index (χ4n) is 3.37. The van der Waals surface area contributed by atoms with Crippen LogP contribution in [0.5, 0.6) is 0 Å². The molecule has 0 bridgehead atoms. The second kappa shape index (κ2) is 8.18. The molecule has 1 N–H and O–H groups in total. The van der Waals surface area contributed by atoms with Crippen molar-refractivity contribution in [2.45, 2.75) is 52.0 Å². The van der Waals surface area contributed by atoms with E-state index in [9.17, 15) is 4.79 Å². The number of benzene rings is 1. The van der Waals surface area contributed by atoms with Crippen molar-refractivity contribution in [2.75, 3.05) is 13.1 Å². The topological polar surface area (TPSA) is 40.5 Å². The van der Waals surface area contributed by atoms with Crippen LogP contribution in [0.25, 0.3) is 0 Å². The molecule has 0 spiro atoms. The van der Waals surface area contributed by atoms with Gasteiger partial charge in [0.15, 0.2) is 0 Å². The van der Waals surface area contributed by atoms with Crippen LogP contribution in [-0.4, -0.2) is 29.1 Å². The highest BCUT2D eigenvalue weighted by molar-refractivity contribution is 5.70. The van der Waals surface area contributed by atoms with Gasteiger partial charge in [0.1, 0.15) is 0 Å². The first-order chi connectivity index (χ1) is 10.2. The zero-order valence-corrected chi connectivity index (χ0v) is 13.1. The Balaban J connectivity index is 1.96. The minimum atomic E-state index is -0.749. The molecule has 2 rings (SSSR count). The van der Waals surface area contributed by atoms with E-state index < -0.39 is 5.97 Å². The lowest BCUT2D eigenvalue weighted by Gasteiger charge is -2.21. The highest BCUT2D eigenvalue weighted by atomic mass is 16.4. The Morgan fingerprint density at radius 2 is 2.00 bits per heavy atom. The van der Waals surface area contributed by atoms with Gasteiger partial charge in [-0.25, -0.2) is 0 Å². The largest absolute Gasteiger partial charge is 0.481 e. The Morgan fingerprint density at radius 3 is 2.71 bits per heavy atom. The SMILES string of the molecule is CCCC1CCCN(Cc2ccccc2CC(=O)O)CC1. The maximum absolute atomic E-state index is 11.0. The van der Waals surface area contributed by atoms with Crippen LogP contribution in [0.2, 0.25) is 0 Å². The molecule has 1 aliphatic rings. The zero-order valence-electron chi connectivity index (χ0n) is 13.1. The fourth-order valence-corrected chi connectivity index (χ4v) is 3.37. The van der Waals surface area contributed by atoms with E-state index >= 15 is 0 Å². The van der Waals surface area contributed by atoms with Gasteiger partial charge in [0.25, 0.3) is 0 Å². The first-order valence-corrected chi connectivity index (χ1v) is 8.20. The lowest BCUT2D eigenvalue weighted by atomic mass is 9.96. The Hall–Kier alpha value is -1.35. The molecule has 3 nitrogen and oxygen atoms in total. The van der Waals surface area contributed by atoms with Crippen LogP contribution in [-0.2, 0) is 17.8 Å². The molecule has 1 aromatic rings. The molecule has 1 heterocycles. The number of carbonyl (C=O) groups is 1. The van der Waals surface area contributed by atoms with Gasteiger partial charge in [-0.15, -0.1) is 0 Å². The molecule has 116 valence electrons. The number of carboxylic acid groups (broad SMARTS) is 1. The standard InChI is InChI=1S/C18H27NO2/c1-2-6-15-7-5-11-19(12-10-15)14-17-9-4-3-8-16(17)13-18(20)21/h3-4,8-9,15H,2,5-7,10-14H2,1H3,(H,20,21). The van der Waals surface area contributed by atoms with Crippen LogP contribution < -0.4 is 0 Å². The number of nitrogens with zero attached hydrogens (tertiary/aromatic N) is 1. The monoisotopic (exact) mass is 289 g/mol. The maximum atomic E-state index is 11.0. The van der Waals surface area contributed by atoms with Crippen LogP contribution in [0.15, 0.2) is 24.3 Å². The second-order valence-electron chi connectivity index (χ2n) is 6.20. The smallest absolute Gasteiger partial charge is 0.307 e. The number of hydrogen-bond donors (Lipinski definition) is 1. The number of carboxylic acids is 1. The first kappa shape index (κ1) is 16.0. The van der Waals surface area contributed by atoms with Crippen molar-refractivity contribution in [1.29, 1.82) is 0 Å². The average Bonchev–Trinajstić information content (AvgIpc) is 2.67. The summed E-state index contributed by atoms with van der Waals surface area (Å²) in [5.74, 6) is 0.135. The summed E-state index contributed by atoms with van der Waals surface area (Å²) in [5, 5.41) is 9.02. The highest BCUT2D eigenvalue weighted by Gasteiger charge is 2.17. The summed E-state index contributed by atoms with van der Waals surface area (Å²) >= 11 is 0. The lowest BCUT2D eigenvalue weighted by Crippen LogP contribution is -2.25. The predicted molar refractivity (Wildman–Crippen MR) is 85.3 cm³/mol. The minimum Gasteiger partial charge on any atom is -0.481 e. The molecule has 0 amide bonds. The van der Waals surface area contributed by atoms with Crippen molar-refractivity contribution in [3.63, 3.8) is 0 Å². The summed E-state index contributed by atoms with van der Waals surface area (Å²) in [4.78, 5) is 13.5. The summed E-state index contributed by atoms with van der Waals surface area (Å²) in [5.41, 5.74) is 2.13. The molecule has 21 heavy (non-hydrogen) atoms. The van der Waals surface area contributed by atoms with Crippen molar-refractivity contribution < 1.29 is 9.90 Å². The van der Waals surface area contributed by atoms with Crippen LogP contribution >= 0.6 is 0 Å². The number of hydrogen-bond acceptors (Lipinski definition) is 2. The van der Waals surface area contributed by atoms with Crippen LogP contribution in [0, 0.1) is 5.92 Å². The molecule has 0 aromatic heterocycles. The molecule has 3 heteroatoms. The molecule has 1 unspecified atom stereocenters. The van der Waals surface area contributed by atoms with E-state index in [0.717, 1.165) is 31.1 Å². The molecule has 1 fully saturated rings. The summed E-state index contributed by atoms with van der Waals surface area (Å²) in [7, 11) is 0. The van der Waals surface area contributed by atoms with Crippen molar-refractivity contribution in [1.82, 2.24) is 4.90 Å². The predicted octanol–water partition coefficient (Wildman–Crippen LogP) is 3.72. The van der Waals surface area contributed by atoms with Crippen LogP contribution in [0.4, 0.5) is 0 Å². The maximum Gasteiger partial charge on any atom is 0.307 e. The molecular weight excluding hydrogens is 262 g/mol. The van der Waals surface area contributed by atoms with Gasteiger partial charge in [0.05, 0.1) is 6.42 Å². The van der Waals surface area contributed by atoms with Crippen LogP contribution in [0.1, 0.15) is 50.2 Å². The Morgan fingerprint density at radius 1 is 1.24 bits per heavy atom. The Bertz CT molecular complexity index is 458. The van der Waals surface area contributed by atoms with Crippen molar-refractivity contribution in [3.05, 3.63) is 35.4 Å². The molecular formula is C18H27NO2. The lowest BCUT2D eigenvalue weighted by molar-refractivity contribution is -0.136. The van der Waals surface area contributed by atoms with Gasteiger partial charge in [0.2, 0.25) is 0 Å². The summed E-state index contributed by atoms with van der Waals surface area (Å²) in [6, 6.07) is 7.97. The van der Waals surface area contributed by atoms with E-state index in [0.29, 0.717) is 0 Å². The molecule has 1 atom stereocenters. The zero-order chi connectivity index (χ0) is 15.1. The van der Waals surface area contributed by atoms with E-state index in [2.05, 4.69) is 17.9 Å². The van der Waals surface area contributed by atoms with Gasteiger partial charge < -0.3 is 5.11 Å². The fraction of sp³-hybridized carbons (Fsp3) is 0.611. The van der Waals surface area contributed by atoms with Gasteiger partial charge in [-0.3, -0.25) is 9.69 Å². The van der Waals surface area contributed by atoms with Crippen molar-refractivity contribution in [2.24, 2.45) is 5.92 Å². The molecule has 0 radical (unpaired) electrons. The van der Waals surface area contributed by atoms with Gasteiger partial charge >= 0.3 is 5.97 Å². The number of aliphatic carboxylic acids is 1. The third-order valence-electron chi connectivity index (χ3n) is 4.49. The minimum absolute atomic E-state index is 0.127. The van der Waals surface area contributed by atoms with Crippen molar-refractivity contribution in [3.8, 4) is 0 Å². The Kier molecular flexibility index (Phi) is 6.24. The van der Waals surface area contributed by atoms with E-state index in [-0.39, 0.29) is 6.42 Å². The summed E-state index contributed by atoms with van der Waals surface area (Å²) < 4.78 is 0. The highest BCUT2D eigenvalue weighted by Crippen LogP contribution is 2.23. The molecule has 1 aliphatic heterocycles. The summed E-state index contributed by atoms with van der Waals surface area (Å²) in [6.07, 6.45) is 6.67. The van der Waals surface area contributed by atoms with Crippen molar-refractivity contribution >= 4 is 5.97 Å². The molecule has 1 aromatic carbocycles. The third kappa shape index (κ3) is 5.16. The third-order valence-corrected chi connectivity index (χ3v) is 4.49. The Labute approximate surface area is 128 Å². The van der Waals surface area contributed by atoms with E-state index in [1.165, 1.54) is 37.7 Å². The van der Waals surface area contributed by atoms with E-state index in [4.69, 9.17) is 5.11 Å². The quantitative estimate of drug-likeness (QED) is 0.867. The number of likely N-dealkylation sites (tertiary alicyclic amines) is 1. The number of rotatable bonds is 6. The normalized spacial score (nSPS) is 20.1. The van der Waals surface area contributed by atoms with Gasteiger partial charge in [-0.05, 0) is 49.4 Å².